The molecule has 38 heavy (non-hydrogen) atoms. The second kappa shape index (κ2) is 11.7. The highest BCUT2D eigenvalue weighted by molar-refractivity contribution is 6.45. The summed E-state index contributed by atoms with van der Waals surface area (Å²) < 4.78 is 16.3. The lowest BCUT2D eigenvalue weighted by Gasteiger charge is -2.42. The Morgan fingerprint density at radius 3 is 2.45 bits per heavy atom. The lowest BCUT2D eigenvalue weighted by molar-refractivity contribution is -0.244. The summed E-state index contributed by atoms with van der Waals surface area (Å²) >= 11 is 12.4. The van der Waals surface area contributed by atoms with Crippen LogP contribution >= 0.6 is 23.2 Å². The number of carbonyl (C=O) groups excluding carboxylic acids is 2. The Balaban J connectivity index is 1.61. The Morgan fingerprint density at radius 1 is 1.11 bits per heavy atom. The number of hydrogen-bond donors (Lipinski definition) is 5. The van der Waals surface area contributed by atoms with E-state index in [2.05, 4.69) is 15.6 Å². The summed E-state index contributed by atoms with van der Waals surface area (Å²) in [6, 6.07) is 8.68. The van der Waals surface area contributed by atoms with Crippen LogP contribution in [0.15, 0.2) is 42.6 Å². The SMILES string of the molecule is COC(=O)c1cnc2c(Cl)c(Cl)ccc2c1Nc1ccc(O[C@@H]2O[C@H](CO)[C@H](O)[C@H](O)[C@@H]2NC(C)=O)cc1. The van der Waals surface area contributed by atoms with Gasteiger partial charge in [0, 0.05) is 24.2 Å². The second-order valence-electron chi connectivity index (χ2n) is 8.50. The van der Waals surface area contributed by atoms with Crippen molar-refractivity contribution in [1.82, 2.24) is 10.3 Å². The maximum absolute atomic E-state index is 12.4. The molecule has 2 aromatic carbocycles. The number of aliphatic hydroxyl groups is 3. The number of halogens is 2. The smallest absolute Gasteiger partial charge is 0.341 e. The molecule has 0 bridgehead atoms. The molecular weight excluding hydrogens is 541 g/mol. The molecule has 11 nitrogen and oxygen atoms in total. The average Bonchev–Trinajstić information content (AvgIpc) is 2.91. The lowest BCUT2D eigenvalue weighted by Crippen LogP contribution is -2.65. The normalized spacial score (nSPS) is 23.1. The number of aliphatic hydroxyl groups excluding tert-OH is 3. The van der Waals surface area contributed by atoms with E-state index in [1.165, 1.54) is 20.2 Å². The summed E-state index contributed by atoms with van der Waals surface area (Å²) in [7, 11) is 1.26. The van der Waals surface area contributed by atoms with E-state index in [0.717, 1.165) is 0 Å². The zero-order chi connectivity index (χ0) is 27.6. The summed E-state index contributed by atoms with van der Waals surface area (Å²) in [5.74, 6) is -0.767. The van der Waals surface area contributed by atoms with E-state index in [1.54, 1.807) is 36.4 Å². The third kappa shape index (κ3) is 5.63. The number of nitrogens with zero attached hydrogens (tertiary/aromatic N) is 1. The van der Waals surface area contributed by atoms with Crippen LogP contribution in [0, 0.1) is 0 Å². The van der Waals surface area contributed by atoms with Crippen molar-refractivity contribution in [2.24, 2.45) is 0 Å². The zero-order valence-electron chi connectivity index (χ0n) is 20.2. The fourth-order valence-electron chi connectivity index (χ4n) is 4.07. The van der Waals surface area contributed by atoms with E-state index >= 15 is 0 Å². The van der Waals surface area contributed by atoms with Crippen molar-refractivity contribution in [2.75, 3.05) is 19.0 Å². The average molecular weight is 566 g/mol. The Bertz CT molecular complexity index is 1340. The molecule has 202 valence electrons. The first-order valence-corrected chi connectivity index (χ1v) is 12.2. The van der Waals surface area contributed by atoms with Crippen LogP contribution in [-0.2, 0) is 14.3 Å². The number of pyridine rings is 1. The molecule has 1 amide bonds. The predicted octanol–water partition coefficient (Wildman–Crippen LogP) is 2.39. The molecule has 1 aliphatic heterocycles. The number of anilines is 2. The molecule has 0 saturated carbocycles. The fraction of sp³-hybridized carbons (Fsp3) is 0.320. The van der Waals surface area contributed by atoms with Gasteiger partial charge in [-0.05, 0) is 36.4 Å². The number of benzene rings is 2. The number of methoxy groups -OCH3 is 1. The number of aromatic nitrogens is 1. The van der Waals surface area contributed by atoms with Gasteiger partial charge in [0.1, 0.15) is 35.7 Å². The number of rotatable bonds is 7. The number of amides is 1. The molecular formula is C25H25Cl2N3O8. The minimum absolute atomic E-state index is 0.176. The fourth-order valence-corrected chi connectivity index (χ4v) is 4.44. The molecule has 1 saturated heterocycles. The summed E-state index contributed by atoms with van der Waals surface area (Å²) in [6.45, 7) is 0.687. The Hall–Kier alpha value is -3.19. The van der Waals surface area contributed by atoms with Crippen molar-refractivity contribution in [3.05, 3.63) is 58.2 Å². The molecule has 5 N–H and O–H groups in total. The van der Waals surface area contributed by atoms with Gasteiger partial charge in [-0.1, -0.05) is 23.2 Å². The highest BCUT2D eigenvalue weighted by Crippen LogP contribution is 2.36. The lowest BCUT2D eigenvalue weighted by atomic mass is 9.97. The van der Waals surface area contributed by atoms with Gasteiger partial charge in [0.15, 0.2) is 0 Å². The first-order chi connectivity index (χ1) is 18.1. The van der Waals surface area contributed by atoms with Gasteiger partial charge in [-0.25, -0.2) is 4.79 Å². The molecule has 4 rings (SSSR count). The standard InChI is InChI=1S/C25H25Cl2N3O8/c1-11(32)29-21-23(34)22(33)17(10-31)38-25(21)37-13-5-3-12(4-6-13)30-19-14-7-8-16(26)18(27)20(14)28-9-15(19)24(35)36-2/h3-9,17,21-23,25,31,33-34H,10H2,1-2H3,(H,28,30)(H,29,32)/t17-,21+,22+,23-,25-/m1/s1. The molecule has 1 aliphatic rings. The van der Waals surface area contributed by atoms with Crippen LogP contribution < -0.4 is 15.4 Å². The van der Waals surface area contributed by atoms with E-state index in [0.29, 0.717) is 33.0 Å². The first kappa shape index (κ1) is 27.8. The van der Waals surface area contributed by atoms with Crippen molar-refractivity contribution in [3.63, 3.8) is 0 Å². The van der Waals surface area contributed by atoms with Gasteiger partial charge in [-0.2, -0.15) is 0 Å². The number of hydrogen-bond acceptors (Lipinski definition) is 10. The molecule has 0 unspecified atom stereocenters. The van der Waals surface area contributed by atoms with Gasteiger partial charge in [-0.15, -0.1) is 0 Å². The van der Waals surface area contributed by atoms with Crippen LogP contribution in [-0.4, -0.2) is 76.5 Å². The summed E-state index contributed by atoms with van der Waals surface area (Å²) in [5.41, 5.74) is 1.54. The summed E-state index contributed by atoms with van der Waals surface area (Å²) in [6.07, 6.45) is -3.83. The van der Waals surface area contributed by atoms with Gasteiger partial charge in [-0.3, -0.25) is 9.78 Å². The van der Waals surface area contributed by atoms with Crippen molar-refractivity contribution in [2.45, 2.75) is 37.6 Å². The molecule has 5 atom stereocenters. The number of nitrogens with one attached hydrogen (secondary N) is 2. The van der Waals surface area contributed by atoms with Crippen LogP contribution in [0.25, 0.3) is 10.9 Å². The van der Waals surface area contributed by atoms with E-state index in [4.69, 9.17) is 37.4 Å². The van der Waals surface area contributed by atoms with E-state index in [9.17, 15) is 24.9 Å². The van der Waals surface area contributed by atoms with Crippen molar-refractivity contribution >= 4 is 57.4 Å². The number of esters is 1. The van der Waals surface area contributed by atoms with Crippen molar-refractivity contribution < 1.29 is 39.1 Å². The third-order valence-electron chi connectivity index (χ3n) is 5.96. The number of ether oxygens (including phenoxy) is 3. The maximum atomic E-state index is 12.4. The highest BCUT2D eigenvalue weighted by Gasteiger charge is 2.46. The van der Waals surface area contributed by atoms with Crippen LogP contribution in [0.4, 0.5) is 11.4 Å². The van der Waals surface area contributed by atoms with Crippen LogP contribution in [0.2, 0.25) is 10.0 Å². The minimum atomic E-state index is -1.44. The van der Waals surface area contributed by atoms with E-state index < -0.39 is 49.1 Å². The topological polar surface area (TPSA) is 159 Å². The largest absolute Gasteiger partial charge is 0.465 e. The van der Waals surface area contributed by atoms with Crippen molar-refractivity contribution in [3.8, 4) is 5.75 Å². The number of carbonyl (C=O) groups is 2. The third-order valence-corrected chi connectivity index (χ3v) is 6.76. The van der Waals surface area contributed by atoms with Crippen LogP contribution in [0.1, 0.15) is 17.3 Å². The van der Waals surface area contributed by atoms with Gasteiger partial charge in [0.05, 0.1) is 35.0 Å². The quantitative estimate of drug-likeness (QED) is 0.269. The summed E-state index contributed by atoms with van der Waals surface area (Å²) in [5, 5.41) is 36.9. The molecule has 0 radical (unpaired) electrons. The van der Waals surface area contributed by atoms with Crippen LogP contribution in [0.3, 0.4) is 0 Å². The molecule has 13 heteroatoms. The van der Waals surface area contributed by atoms with Gasteiger partial charge < -0.3 is 40.2 Å². The highest BCUT2D eigenvalue weighted by atomic mass is 35.5. The molecule has 0 spiro atoms. The zero-order valence-corrected chi connectivity index (χ0v) is 21.7. The predicted molar refractivity (Wildman–Crippen MR) is 139 cm³/mol. The van der Waals surface area contributed by atoms with E-state index in [-0.39, 0.29) is 10.6 Å². The van der Waals surface area contributed by atoms with Gasteiger partial charge >= 0.3 is 5.97 Å². The van der Waals surface area contributed by atoms with E-state index in [1.807, 2.05) is 0 Å². The first-order valence-electron chi connectivity index (χ1n) is 11.4. The Morgan fingerprint density at radius 2 is 1.82 bits per heavy atom. The maximum Gasteiger partial charge on any atom is 0.341 e. The van der Waals surface area contributed by atoms with Gasteiger partial charge in [0.25, 0.3) is 0 Å². The molecule has 3 aromatic rings. The monoisotopic (exact) mass is 565 g/mol. The molecule has 1 fully saturated rings. The van der Waals surface area contributed by atoms with Crippen LogP contribution in [0.5, 0.6) is 5.75 Å². The van der Waals surface area contributed by atoms with Crippen molar-refractivity contribution in [1.29, 1.82) is 0 Å². The Labute approximate surface area is 227 Å². The molecule has 2 heterocycles. The minimum Gasteiger partial charge on any atom is -0.465 e. The number of fused-ring (bicyclic) bond motifs is 1. The second-order valence-corrected chi connectivity index (χ2v) is 9.28. The Kier molecular flexibility index (Phi) is 8.56. The molecule has 1 aromatic heterocycles. The van der Waals surface area contributed by atoms with Gasteiger partial charge in [0.2, 0.25) is 12.2 Å². The summed E-state index contributed by atoms with van der Waals surface area (Å²) in [4.78, 5) is 28.3. The molecule has 0 aliphatic carbocycles.